The van der Waals surface area contributed by atoms with Crippen molar-refractivity contribution in [2.75, 3.05) is 0 Å². The summed E-state index contributed by atoms with van der Waals surface area (Å²) in [5, 5.41) is 11.6. The summed E-state index contributed by atoms with van der Waals surface area (Å²) in [7, 11) is 0. The maximum atomic E-state index is 13.4. The van der Waals surface area contributed by atoms with Gasteiger partial charge in [0.2, 0.25) is 0 Å². The van der Waals surface area contributed by atoms with Crippen LogP contribution in [0.4, 0.5) is 4.39 Å². The van der Waals surface area contributed by atoms with E-state index in [1.54, 1.807) is 0 Å². The Hall–Kier alpha value is -1.43. The van der Waals surface area contributed by atoms with E-state index in [1.807, 2.05) is 20.8 Å². The van der Waals surface area contributed by atoms with Gasteiger partial charge in [-0.25, -0.2) is 4.39 Å². The van der Waals surface area contributed by atoms with E-state index in [0.717, 1.165) is 6.07 Å². The maximum absolute atomic E-state index is 13.4. The number of amides is 1. The van der Waals surface area contributed by atoms with Gasteiger partial charge >= 0.3 is 5.97 Å². The first-order chi connectivity index (χ1) is 9.58. The van der Waals surface area contributed by atoms with Gasteiger partial charge in [-0.15, -0.1) is 0 Å². The molecule has 0 aliphatic carbocycles. The van der Waals surface area contributed by atoms with Crippen molar-refractivity contribution in [1.29, 1.82) is 0 Å². The van der Waals surface area contributed by atoms with E-state index in [9.17, 15) is 14.0 Å². The van der Waals surface area contributed by atoms with Crippen molar-refractivity contribution in [3.05, 3.63) is 34.1 Å². The van der Waals surface area contributed by atoms with Crippen LogP contribution in [0, 0.1) is 11.2 Å². The third-order valence-corrected chi connectivity index (χ3v) is 3.44. The molecule has 1 amide bonds. The predicted octanol–water partition coefficient (Wildman–Crippen LogP) is 3.60. The monoisotopic (exact) mass is 359 g/mol. The average Bonchev–Trinajstić information content (AvgIpc) is 2.29. The highest BCUT2D eigenvalue weighted by Gasteiger charge is 2.23. The van der Waals surface area contributed by atoms with Gasteiger partial charge in [0.15, 0.2) is 0 Å². The summed E-state index contributed by atoms with van der Waals surface area (Å²) in [4.78, 5) is 23.0. The number of benzene rings is 1. The molecule has 6 heteroatoms. The van der Waals surface area contributed by atoms with E-state index < -0.39 is 23.7 Å². The van der Waals surface area contributed by atoms with Crippen LogP contribution in [-0.4, -0.2) is 23.0 Å². The molecule has 4 nitrogen and oxygen atoms in total. The highest BCUT2D eigenvalue weighted by molar-refractivity contribution is 9.10. The molecule has 0 saturated heterocycles. The van der Waals surface area contributed by atoms with Crippen LogP contribution < -0.4 is 5.32 Å². The summed E-state index contributed by atoms with van der Waals surface area (Å²) < 4.78 is 13.7. The van der Waals surface area contributed by atoms with Crippen LogP contribution in [-0.2, 0) is 4.79 Å². The van der Waals surface area contributed by atoms with Crippen molar-refractivity contribution < 1.29 is 19.1 Å². The lowest BCUT2D eigenvalue weighted by atomic mass is 9.87. The van der Waals surface area contributed by atoms with Gasteiger partial charge in [0, 0.05) is 11.6 Å². The second kappa shape index (κ2) is 7.02. The van der Waals surface area contributed by atoms with Gasteiger partial charge in [-0.3, -0.25) is 9.59 Å². The molecule has 0 saturated carbocycles. The molecule has 0 fully saturated rings. The number of rotatable bonds is 5. The number of hydrogen-bond acceptors (Lipinski definition) is 2. The molecular weight excluding hydrogens is 341 g/mol. The molecule has 0 aliphatic heterocycles. The fourth-order valence-corrected chi connectivity index (χ4v) is 2.28. The largest absolute Gasteiger partial charge is 0.481 e. The highest BCUT2D eigenvalue weighted by Crippen LogP contribution is 2.23. The van der Waals surface area contributed by atoms with E-state index in [4.69, 9.17) is 5.11 Å². The molecule has 0 aromatic heterocycles. The first kappa shape index (κ1) is 17.6. The summed E-state index contributed by atoms with van der Waals surface area (Å²) >= 11 is 3.02. The molecule has 1 unspecified atom stereocenters. The molecule has 116 valence electrons. The zero-order chi connectivity index (χ0) is 16.2. The van der Waals surface area contributed by atoms with Crippen LogP contribution in [0.15, 0.2) is 22.7 Å². The van der Waals surface area contributed by atoms with Gasteiger partial charge in [0.25, 0.3) is 5.91 Å². The van der Waals surface area contributed by atoms with Gasteiger partial charge in [0.1, 0.15) is 5.82 Å². The topological polar surface area (TPSA) is 66.4 Å². The lowest BCUT2D eigenvalue weighted by molar-refractivity contribution is -0.137. The maximum Gasteiger partial charge on any atom is 0.305 e. The fourth-order valence-electron chi connectivity index (χ4n) is 2.03. The quantitative estimate of drug-likeness (QED) is 0.843. The Morgan fingerprint density at radius 2 is 2.00 bits per heavy atom. The smallest absolute Gasteiger partial charge is 0.305 e. The first-order valence-corrected chi connectivity index (χ1v) is 7.35. The van der Waals surface area contributed by atoms with Crippen molar-refractivity contribution in [1.82, 2.24) is 5.32 Å². The molecule has 1 aromatic carbocycles. The second-order valence-electron chi connectivity index (χ2n) is 6.16. The van der Waals surface area contributed by atoms with Gasteiger partial charge < -0.3 is 10.4 Å². The van der Waals surface area contributed by atoms with Gasteiger partial charge in [0.05, 0.1) is 10.9 Å². The summed E-state index contributed by atoms with van der Waals surface area (Å²) in [5.41, 5.74) is 0.0400. The molecule has 21 heavy (non-hydrogen) atoms. The Kier molecular flexibility index (Phi) is 5.89. The van der Waals surface area contributed by atoms with Crippen LogP contribution >= 0.6 is 15.9 Å². The molecule has 0 aliphatic rings. The normalized spacial score (nSPS) is 12.8. The van der Waals surface area contributed by atoms with Crippen LogP contribution in [0.1, 0.15) is 44.0 Å². The molecule has 0 bridgehead atoms. The average molecular weight is 360 g/mol. The standard InChI is InChI=1S/C15H19BrFNO3/c1-15(2,3)8-10(7-13(19)20)18-14(21)9-4-5-11(16)12(17)6-9/h4-6,10H,7-8H2,1-3H3,(H,18,21)(H,19,20). The minimum atomic E-state index is -0.980. The third-order valence-electron chi connectivity index (χ3n) is 2.80. The minimum absolute atomic E-state index is 0.127. The number of carbonyl (C=O) groups excluding carboxylic acids is 1. The number of hydrogen-bond donors (Lipinski definition) is 2. The van der Waals surface area contributed by atoms with E-state index in [0.29, 0.717) is 6.42 Å². The molecule has 0 heterocycles. The van der Waals surface area contributed by atoms with Crippen molar-refractivity contribution in [2.45, 2.75) is 39.7 Å². The van der Waals surface area contributed by atoms with Crippen molar-refractivity contribution in [2.24, 2.45) is 5.41 Å². The number of carboxylic acid groups (broad SMARTS) is 1. The van der Waals surface area contributed by atoms with E-state index in [2.05, 4.69) is 21.2 Å². The molecule has 1 atom stereocenters. The molecule has 1 aromatic rings. The summed E-state index contributed by atoms with van der Waals surface area (Å²) in [6.45, 7) is 5.90. The van der Waals surface area contributed by atoms with Crippen LogP contribution in [0.2, 0.25) is 0 Å². The predicted molar refractivity (Wildman–Crippen MR) is 81.7 cm³/mol. The Balaban J connectivity index is 2.83. The summed E-state index contributed by atoms with van der Waals surface area (Å²) in [6, 6.07) is 3.55. The van der Waals surface area contributed by atoms with Crippen molar-refractivity contribution in [3.8, 4) is 0 Å². The van der Waals surface area contributed by atoms with E-state index in [-0.39, 0.29) is 21.9 Å². The zero-order valence-corrected chi connectivity index (χ0v) is 13.8. The van der Waals surface area contributed by atoms with Gasteiger partial charge in [-0.2, -0.15) is 0 Å². The Morgan fingerprint density at radius 1 is 1.38 bits per heavy atom. The molecule has 0 radical (unpaired) electrons. The molecule has 2 N–H and O–H groups in total. The van der Waals surface area contributed by atoms with Gasteiger partial charge in [-0.05, 0) is 46.0 Å². The minimum Gasteiger partial charge on any atom is -0.481 e. The van der Waals surface area contributed by atoms with Crippen LogP contribution in [0.5, 0.6) is 0 Å². The zero-order valence-electron chi connectivity index (χ0n) is 12.2. The van der Waals surface area contributed by atoms with E-state index >= 15 is 0 Å². The van der Waals surface area contributed by atoms with E-state index in [1.165, 1.54) is 12.1 Å². The summed E-state index contributed by atoms with van der Waals surface area (Å²) in [5.74, 6) is -1.99. The number of carboxylic acids is 1. The second-order valence-corrected chi connectivity index (χ2v) is 7.02. The lowest BCUT2D eigenvalue weighted by Crippen LogP contribution is -2.39. The Morgan fingerprint density at radius 3 is 2.48 bits per heavy atom. The van der Waals surface area contributed by atoms with Crippen molar-refractivity contribution in [3.63, 3.8) is 0 Å². The Labute approximate surface area is 131 Å². The highest BCUT2D eigenvalue weighted by atomic mass is 79.9. The SMILES string of the molecule is CC(C)(C)CC(CC(=O)O)NC(=O)c1ccc(Br)c(F)c1. The molecule has 1 rings (SSSR count). The number of halogens is 2. The first-order valence-electron chi connectivity index (χ1n) is 6.56. The van der Waals surface area contributed by atoms with Crippen LogP contribution in [0.25, 0.3) is 0 Å². The molecular formula is C15H19BrFNO3. The molecule has 0 spiro atoms. The summed E-state index contributed by atoms with van der Waals surface area (Å²) in [6.07, 6.45) is 0.353. The van der Waals surface area contributed by atoms with Crippen LogP contribution in [0.3, 0.4) is 0 Å². The number of aliphatic carboxylic acids is 1. The fraction of sp³-hybridized carbons (Fsp3) is 0.467. The number of nitrogens with one attached hydrogen (secondary N) is 1. The third kappa shape index (κ3) is 6.25. The Bertz CT molecular complexity index is 540. The lowest BCUT2D eigenvalue weighted by Gasteiger charge is -2.25. The van der Waals surface area contributed by atoms with Crippen molar-refractivity contribution >= 4 is 27.8 Å². The number of carbonyl (C=O) groups is 2. The van der Waals surface area contributed by atoms with Gasteiger partial charge in [-0.1, -0.05) is 20.8 Å².